The van der Waals surface area contributed by atoms with Gasteiger partial charge in [-0.3, -0.25) is 4.99 Å². The fourth-order valence-corrected chi connectivity index (χ4v) is 3.57. The van der Waals surface area contributed by atoms with E-state index in [1.54, 1.807) is 12.1 Å². The van der Waals surface area contributed by atoms with Crippen molar-refractivity contribution in [2.75, 3.05) is 11.6 Å². The van der Waals surface area contributed by atoms with E-state index in [1.807, 2.05) is 18.3 Å². The highest BCUT2D eigenvalue weighted by Crippen LogP contribution is 2.30. The van der Waals surface area contributed by atoms with E-state index in [-0.39, 0.29) is 0 Å². The first-order chi connectivity index (χ1) is 11.5. The monoisotopic (exact) mass is 378 g/mol. The topological polar surface area (TPSA) is 15.6 Å². The van der Waals surface area contributed by atoms with E-state index in [2.05, 4.69) is 35.9 Å². The molecule has 0 saturated heterocycles. The van der Waals surface area contributed by atoms with Crippen molar-refractivity contribution in [2.45, 2.75) is 19.7 Å². The van der Waals surface area contributed by atoms with Crippen LogP contribution in [0.4, 0.5) is 5.69 Å². The Kier molecular flexibility index (Phi) is 5.19. The molecule has 1 aliphatic heterocycles. The van der Waals surface area contributed by atoms with Crippen molar-refractivity contribution in [3.63, 3.8) is 0 Å². The molecule has 2 aromatic rings. The molecule has 1 aliphatic rings. The summed E-state index contributed by atoms with van der Waals surface area (Å²) in [5.74, 6) is 0.503. The smallest absolute Gasteiger partial charge is 0.115 e. The van der Waals surface area contributed by atoms with E-state index in [0.717, 1.165) is 22.5 Å². The van der Waals surface area contributed by atoms with E-state index >= 15 is 0 Å². The minimum Gasteiger partial charge on any atom is -0.327 e. The molecule has 0 spiro atoms. The van der Waals surface area contributed by atoms with Gasteiger partial charge in [0.15, 0.2) is 0 Å². The minimum absolute atomic E-state index is 0.503. The third-order valence-corrected chi connectivity index (χ3v) is 5.04. The van der Waals surface area contributed by atoms with Gasteiger partial charge in [0.25, 0.3) is 0 Å². The second-order valence-corrected chi connectivity index (χ2v) is 6.85. The van der Waals surface area contributed by atoms with Crippen LogP contribution in [0.1, 0.15) is 22.3 Å². The predicted molar refractivity (Wildman–Crippen MR) is 105 cm³/mol. The van der Waals surface area contributed by atoms with Gasteiger partial charge < -0.3 is 4.90 Å². The summed E-state index contributed by atoms with van der Waals surface area (Å²) in [6.45, 7) is 4.73. The Morgan fingerprint density at radius 3 is 2.58 bits per heavy atom. The summed E-state index contributed by atoms with van der Waals surface area (Å²) >= 11 is 18.4. The number of alkyl halides is 1. The first-order valence-corrected chi connectivity index (χ1v) is 8.90. The maximum Gasteiger partial charge on any atom is 0.115 e. The van der Waals surface area contributed by atoms with Gasteiger partial charge in [0.05, 0.1) is 10.7 Å². The molecule has 5 heteroatoms. The standard InChI is InChI=1S/C19H17Cl3N2/c1-12-3-4-14(10-20)13(2)19(12)24-8-7-18(23-11-24)16-9-15(21)5-6-17(16)22/h3-9H,10-11H2,1-2H3. The van der Waals surface area contributed by atoms with Crippen molar-refractivity contribution in [1.82, 2.24) is 0 Å². The van der Waals surface area contributed by atoms with E-state index in [9.17, 15) is 0 Å². The molecule has 0 radical (unpaired) electrons. The van der Waals surface area contributed by atoms with Crippen LogP contribution in [0, 0.1) is 13.8 Å². The van der Waals surface area contributed by atoms with Gasteiger partial charge >= 0.3 is 0 Å². The van der Waals surface area contributed by atoms with Gasteiger partial charge in [-0.1, -0.05) is 35.3 Å². The lowest BCUT2D eigenvalue weighted by Gasteiger charge is -2.27. The summed E-state index contributed by atoms with van der Waals surface area (Å²) in [5.41, 5.74) is 6.37. The lowest BCUT2D eigenvalue weighted by molar-refractivity contribution is 0.948. The number of halogens is 3. The number of hydrogen-bond donors (Lipinski definition) is 0. The Balaban J connectivity index is 1.92. The van der Waals surface area contributed by atoms with Crippen LogP contribution in [-0.4, -0.2) is 12.4 Å². The quantitative estimate of drug-likeness (QED) is 0.586. The van der Waals surface area contributed by atoms with E-state index < -0.39 is 0 Å². The van der Waals surface area contributed by atoms with Crippen molar-refractivity contribution in [3.05, 3.63) is 74.9 Å². The molecule has 2 nitrogen and oxygen atoms in total. The molecular weight excluding hydrogens is 363 g/mol. The maximum absolute atomic E-state index is 6.27. The zero-order valence-corrected chi connectivity index (χ0v) is 15.8. The lowest BCUT2D eigenvalue weighted by atomic mass is 10.0. The molecule has 1 heterocycles. The molecule has 24 heavy (non-hydrogen) atoms. The van der Waals surface area contributed by atoms with Gasteiger partial charge in [-0.25, -0.2) is 0 Å². The molecule has 0 fully saturated rings. The molecule has 0 amide bonds. The van der Waals surface area contributed by atoms with Gasteiger partial charge in [0.2, 0.25) is 0 Å². The Bertz CT molecular complexity index is 841. The first-order valence-electron chi connectivity index (χ1n) is 7.61. The van der Waals surface area contributed by atoms with Crippen molar-refractivity contribution in [3.8, 4) is 0 Å². The summed E-state index contributed by atoms with van der Waals surface area (Å²) in [6, 6.07) is 9.58. The summed E-state index contributed by atoms with van der Waals surface area (Å²) in [4.78, 5) is 6.80. The summed E-state index contributed by atoms with van der Waals surface area (Å²) in [5, 5.41) is 1.29. The Morgan fingerprint density at radius 1 is 1.12 bits per heavy atom. The molecule has 0 atom stereocenters. The highest BCUT2D eigenvalue weighted by atomic mass is 35.5. The zero-order valence-electron chi connectivity index (χ0n) is 13.5. The van der Waals surface area contributed by atoms with Crippen molar-refractivity contribution in [2.24, 2.45) is 4.99 Å². The maximum atomic E-state index is 6.27. The Morgan fingerprint density at radius 2 is 1.92 bits per heavy atom. The number of nitrogens with zero attached hydrogens (tertiary/aromatic N) is 2. The summed E-state index contributed by atoms with van der Waals surface area (Å²) in [7, 11) is 0. The second-order valence-electron chi connectivity index (χ2n) is 5.74. The van der Waals surface area contributed by atoms with E-state index in [4.69, 9.17) is 34.8 Å². The molecule has 0 bridgehead atoms. The lowest BCUT2D eigenvalue weighted by Crippen LogP contribution is -2.23. The summed E-state index contributed by atoms with van der Waals surface area (Å²) < 4.78 is 0. The highest BCUT2D eigenvalue weighted by molar-refractivity contribution is 6.36. The predicted octanol–water partition coefficient (Wildman–Crippen LogP) is 6.13. The largest absolute Gasteiger partial charge is 0.327 e. The second kappa shape index (κ2) is 7.18. The number of allylic oxidation sites excluding steroid dienone is 1. The molecule has 2 aromatic carbocycles. The van der Waals surface area contributed by atoms with Crippen LogP contribution in [0.5, 0.6) is 0 Å². The Labute approximate surface area is 157 Å². The average molecular weight is 380 g/mol. The fraction of sp³-hybridized carbons (Fsp3) is 0.211. The third-order valence-electron chi connectivity index (χ3n) is 4.19. The molecule has 0 aromatic heterocycles. The van der Waals surface area contributed by atoms with Crippen LogP contribution < -0.4 is 4.90 Å². The fourth-order valence-electron chi connectivity index (χ4n) is 2.89. The van der Waals surface area contributed by atoms with Crippen LogP contribution >= 0.6 is 34.8 Å². The van der Waals surface area contributed by atoms with E-state index in [1.165, 1.54) is 11.1 Å². The van der Waals surface area contributed by atoms with Crippen LogP contribution in [-0.2, 0) is 5.88 Å². The van der Waals surface area contributed by atoms with Crippen molar-refractivity contribution in [1.29, 1.82) is 0 Å². The minimum atomic E-state index is 0.503. The van der Waals surface area contributed by atoms with Crippen LogP contribution in [0.3, 0.4) is 0 Å². The summed E-state index contributed by atoms with van der Waals surface area (Å²) in [6.07, 6.45) is 4.00. The number of aliphatic imine (C=N–C) groups is 1. The average Bonchev–Trinajstić information content (AvgIpc) is 2.58. The number of hydrogen-bond acceptors (Lipinski definition) is 2. The molecule has 124 valence electrons. The van der Waals surface area contributed by atoms with Crippen LogP contribution in [0.15, 0.2) is 47.6 Å². The normalized spacial score (nSPS) is 14.0. The Hall–Kier alpha value is -1.48. The molecule has 0 N–H and O–H groups in total. The first kappa shape index (κ1) is 17.3. The number of anilines is 1. The molecule has 0 saturated carbocycles. The zero-order chi connectivity index (χ0) is 17.3. The number of rotatable bonds is 3. The van der Waals surface area contributed by atoms with Gasteiger partial charge in [0.1, 0.15) is 6.67 Å². The number of benzene rings is 2. The van der Waals surface area contributed by atoms with Gasteiger partial charge in [-0.15, -0.1) is 11.6 Å². The SMILES string of the molecule is Cc1ccc(CCl)c(C)c1N1C=CC(c2cc(Cl)ccc2Cl)=NC1. The molecular formula is C19H17Cl3N2. The van der Waals surface area contributed by atoms with Gasteiger partial charge in [-0.05, 0) is 54.8 Å². The van der Waals surface area contributed by atoms with Crippen molar-refractivity contribution >= 4 is 46.2 Å². The van der Waals surface area contributed by atoms with Gasteiger partial charge in [0, 0.05) is 28.4 Å². The highest BCUT2D eigenvalue weighted by Gasteiger charge is 2.16. The molecule has 0 unspecified atom stereocenters. The number of aryl methyl sites for hydroxylation is 1. The van der Waals surface area contributed by atoms with Crippen LogP contribution in [0.25, 0.3) is 0 Å². The van der Waals surface area contributed by atoms with Crippen LogP contribution in [0.2, 0.25) is 10.0 Å². The molecule has 0 aliphatic carbocycles. The molecule has 3 rings (SSSR count). The van der Waals surface area contributed by atoms with Crippen molar-refractivity contribution < 1.29 is 0 Å². The third kappa shape index (κ3) is 3.32. The van der Waals surface area contributed by atoms with Gasteiger partial charge in [-0.2, -0.15) is 0 Å². The van der Waals surface area contributed by atoms with E-state index in [0.29, 0.717) is 22.6 Å².